The van der Waals surface area contributed by atoms with Crippen molar-refractivity contribution in [1.29, 1.82) is 0 Å². The van der Waals surface area contributed by atoms with E-state index in [0.29, 0.717) is 11.3 Å². The Hall–Kier alpha value is -2.40. The fourth-order valence-electron chi connectivity index (χ4n) is 2.08. The molecule has 0 aliphatic rings. The Morgan fingerprint density at radius 1 is 1.17 bits per heavy atom. The standard InChI is InChI=1S/C18H21FN2O2/c1-11(2)23-14-8-9-16(15(19)10-14)21-18(22)17(20)13-6-4-12(3)5-7-13/h4-11,17H,20H2,1-3H3,(H,21,22). The van der Waals surface area contributed by atoms with Crippen LogP contribution in [0.4, 0.5) is 10.1 Å². The molecule has 3 N–H and O–H groups in total. The molecular formula is C18H21FN2O2. The van der Waals surface area contributed by atoms with Crippen LogP contribution in [-0.2, 0) is 4.79 Å². The Morgan fingerprint density at radius 2 is 1.83 bits per heavy atom. The third-order valence-electron chi connectivity index (χ3n) is 3.29. The molecule has 0 radical (unpaired) electrons. The first-order valence-corrected chi connectivity index (χ1v) is 7.46. The molecule has 122 valence electrons. The lowest BCUT2D eigenvalue weighted by molar-refractivity contribution is -0.117. The van der Waals surface area contributed by atoms with Crippen LogP contribution in [0.2, 0.25) is 0 Å². The van der Waals surface area contributed by atoms with Crippen LogP contribution in [0, 0.1) is 12.7 Å². The Morgan fingerprint density at radius 3 is 2.39 bits per heavy atom. The number of hydrogen-bond donors (Lipinski definition) is 2. The second-order valence-corrected chi connectivity index (χ2v) is 5.69. The highest BCUT2D eigenvalue weighted by atomic mass is 19.1. The molecule has 5 heteroatoms. The fraction of sp³-hybridized carbons (Fsp3) is 0.278. The van der Waals surface area contributed by atoms with Gasteiger partial charge in [-0.15, -0.1) is 0 Å². The van der Waals surface area contributed by atoms with Gasteiger partial charge in [0.25, 0.3) is 0 Å². The van der Waals surface area contributed by atoms with Crippen molar-refractivity contribution in [3.8, 4) is 5.75 Å². The highest BCUT2D eigenvalue weighted by Gasteiger charge is 2.17. The monoisotopic (exact) mass is 316 g/mol. The highest BCUT2D eigenvalue weighted by Crippen LogP contribution is 2.23. The van der Waals surface area contributed by atoms with Crippen molar-refractivity contribution >= 4 is 11.6 Å². The third kappa shape index (κ3) is 4.53. The van der Waals surface area contributed by atoms with Gasteiger partial charge >= 0.3 is 0 Å². The van der Waals surface area contributed by atoms with Crippen molar-refractivity contribution in [2.75, 3.05) is 5.32 Å². The number of halogens is 1. The van der Waals surface area contributed by atoms with Crippen LogP contribution in [0.5, 0.6) is 5.75 Å². The van der Waals surface area contributed by atoms with Gasteiger partial charge in [-0.1, -0.05) is 29.8 Å². The van der Waals surface area contributed by atoms with Crippen LogP contribution in [-0.4, -0.2) is 12.0 Å². The quantitative estimate of drug-likeness (QED) is 0.886. The van der Waals surface area contributed by atoms with E-state index in [1.165, 1.54) is 12.1 Å². The van der Waals surface area contributed by atoms with Gasteiger partial charge in [0.2, 0.25) is 5.91 Å². The molecule has 2 aromatic carbocycles. The smallest absolute Gasteiger partial charge is 0.245 e. The maximum absolute atomic E-state index is 14.0. The number of nitrogens with one attached hydrogen (secondary N) is 1. The molecule has 2 aromatic rings. The number of rotatable bonds is 5. The van der Waals surface area contributed by atoms with E-state index < -0.39 is 17.8 Å². The molecule has 1 atom stereocenters. The molecule has 0 saturated carbocycles. The average molecular weight is 316 g/mol. The molecule has 23 heavy (non-hydrogen) atoms. The topological polar surface area (TPSA) is 64.4 Å². The lowest BCUT2D eigenvalue weighted by atomic mass is 10.1. The summed E-state index contributed by atoms with van der Waals surface area (Å²) in [5, 5.41) is 2.51. The number of ether oxygens (including phenoxy) is 1. The Kier molecular flexibility index (Phi) is 5.34. The molecule has 0 spiro atoms. The summed E-state index contributed by atoms with van der Waals surface area (Å²) in [4.78, 5) is 12.2. The minimum atomic E-state index is -0.860. The van der Waals surface area contributed by atoms with Crippen molar-refractivity contribution in [2.45, 2.75) is 32.9 Å². The van der Waals surface area contributed by atoms with E-state index in [0.717, 1.165) is 5.56 Å². The van der Waals surface area contributed by atoms with Crippen LogP contribution >= 0.6 is 0 Å². The molecular weight excluding hydrogens is 295 g/mol. The second kappa shape index (κ2) is 7.24. The van der Waals surface area contributed by atoms with Crippen LogP contribution in [0.3, 0.4) is 0 Å². The van der Waals surface area contributed by atoms with Gasteiger partial charge in [-0.05, 0) is 38.5 Å². The van der Waals surface area contributed by atoms with Gasteiger partial charge in [-0.25, -0.2) is 4.39 Å². The maximum Gasteiger partial charge on any atom is 0.245 e. The molecule has 0 saturated heterocycles. The van der Waals surface area contributed by atoms with Gasteiger partial charge in [0.05, 0.1) is 11.8 Å². The molecule has 0 aliphatic heterocycles. The molecule has 1 unspecified atom stereocenters. The number of nitrogens with two attached hydrogens (primary N) is 1. The zero-order valence-corrected chi connectivity index (χ0v) is 13.5. The van der Waals surface area contributed by atoms with Crippen molar-refractivity contribution in [3.05, 3.63) is 59.4 Å². The molecule has 1 amide bonds. The van der Waals surface area contributed by atoms with E-state index >= 15 is 0 Å². The normalized spacial score (nSPS) is 12.1. The summed E-state index contributed by atoms with van der Waals surface area (Å²) in [5.74, 6) is -0.615. The number of hydrogen-bond acceptors (Lipinski definition) is 3. The van der Waals surface area contributed by atoms with Crippen molar-refractivity contribution in [3.63, 3.8) is 0 Å². The zero-order chi connectivity index (χ0) is 17.0. The third-order valence-corrected chi connectivity index (χ3v) is 3.29. The van der Waals surface area contributed by atoms with Gasteiger partial charge in [-0.2, -0.15) is 0 Å². The second-order valence-electron chi connectivity index (χ2n) is 5.69. The molecule has 0 aromatic heterocycles. The Labute approximate surface area is 135 Å². The van der Waals surface area contributed by atoms with E-state index in [-0.39, 0.29) is 11.8 Å². The number of carbonyl (C=O) groups is 1. The summed E-state index contributed by atoms with van der Waals surface area (Å²) in [7, 11) is 0. The zero-order valence-electron chi connectivity index (χ0n) is 13.5. The summed E-state index contributed by atoms with van der Waals surface area (Å²) < 4.78 is 19.4. The largest absolute Gasteiger partial charge is 0.491 e. The van der Waals surface area contributed by atoms with Gasteiger partial charge in [-0.3, -0.25) is 4.79 Å². The Balaban J connectivity index is 2.09. The SMILES string of the molecule is Cc1ccc(C(N)C(=O)Nc2ccc(OC(C)C)cc2F)cc1. The fourth-order valence-corrected chi connectivity index (χ4v) is 2.08. The number of carbonyl (C=O) groups excluding carboxylic acids is 1. The lowest BCUT2D eigenvalue weighted by Gasteiger charge is -2.15. The van der Waals surface area contributed by atoms with Crippen LogP contribution < -0.4 is 15.8 Å². The molecule has 0 heterocycles. The van der Waals surface area contributed by atoms with E-state index in [2.05, 4.69) is 5.32 Å². The van der Waals surface area contributed by atoms with Gasteiger partial charge in [0, 0.05) is 6.07 Å². The Bertz CT molecular complexity index is 684. The maximum atomic E-state index is 14.0. The summed E-state index contributed by atoms with van der Waals surface area (Å²) >= 11 is 0. The number of benzene rings is 2. The predicted octanol–water partition coefficient (Wildman–Crippen LogP) is 3.56. The van der Waals surface area contributed by atoms with E-state index in [1.807, 2.05) is 32.9 Å². The van der Waals surface area contributed by atoms with Crippen LogP contribution in [0.15, 0.2) is 42.5 Å². The highest BCUT2D eigenvalue weighted by molar-refractivity contribution is 5.95. The minimum Gasteiger partial charge on any atom is -0.491 e. The number of anilines is 1. The van der Waals surface area contributed by atoms with Crippen LogP contribution in [0.25, 0.3) is 0 Å². The predicted molar refractivity (Wildman–Crippen MR) is 88.9 cm³/mol. The van der Waals surface area contributed by atoms with Gasteiger partial charge in [0.15, 0.2) is 0 Å². The van der Waals surface area contributed by atoms with Gasteiger partial charge in [0.1, 0.15) is 17.6 Å². The number of aryl methyl sites for hydroxylation is 1. The first kappa shape index (κ1) is 17.0. The molecule has 4 nitrogen and oxygen atoms in total. The molecule has 2 rings (SSSR count). The summed E-state index contributed by atoms with van der Waals surface area (Å²) in [6.45, 7) is 5.66. The van der Waals surface area contributed by atoms with E-state index in [1.54, 1.807) is 18.2 Å². The lowest BCUT2D eigenvalue weighted by Crippen LogP contribution is -2.28. The summed E-state index contributed by atoms with van der Waals surface area (Å²) in [6, 6.07) is 10.8. The van der Waals surface area contributed by atoms with E-state index in [4.69, 9.17) is 10.5 Å². The summed E-state index contributed by atoms with van der Waals surface area (Å²) in [6.07, 6.45) is -0.0511. The summed E-state index contributed by atoms with van der Waals surface area (Å²) in [5.41, 5.74) is 7.75. The molecule has 0 fully saturated rings. The average Bonchev–Trinajstić information content (AvgIpc) is 2.49. The first-order chi connectivity index (χ1) is 10.9. The van der Waals surface area contributed by atoms with E-state index in [9.17, 15) is 9.18 Å². The van der Waals surface area contributed by atoms with Gasteiger partial charge < -0.3 is 15.8 Å². The van der Waals surface area contributed by atoms with Crippen LogP contribution in [0.1, 0.15) is 31.0 Å². The molecule has 0 bridgehead atoms. The van der Waals surface area contributed by atoms with Crippen molar-refractivity contribution in [1.82, 2.24) is 0 Å². The minimum absolute atomic E-state index is 0.0511. The first-order valence-electron chi connectivity index (χ1n) is 7.46. The molecule has 0 aliphatic carbocycles. The van der Waals surface area contributed by atoms with Crippen molar-refractivity contribution in [2.24, 2.45) is 5.73 Å². The van der Waals surface area contributed by atoms with Crippen molar-refractivity contribution < 1.29 is 13.9 Å². The number of amides is 1.